The number of rotatable bonds is 9. The summed E-state index contributed by atoms with van der Waals surface area (Å²) in [5.41, 5.74) is 4.00. The monoisotopic (exact) mass is 525 g/mol. The number of carboxylic acids is 1. The minimum atomic E-state index is -0.956. The van der Waals surface area contributed by atoms with E-state index in [1.165, 1.54) is 0 Å². The first-order valence-electron chi connectivity index (χ1n) is 11.4. The van der Waals surface area contributed by atoms with Crippen LogP contribution in [0.4, 0.5) is 0 Å². The van der Waals surface area contributed by atoms with Gasteiger partial charge in [-0.1, -0.05) is 60.4 Å². The van der Waals surface area contributed by atoms with Crippen molar-refractivity contribution in [3.8, 4) is 22.8 Å². The van der Waals surface area contributed by atoms with Crippen LogP contribution in [0.3, 0.4) is 0 Å². The highest BCUT2D eigenvalue weighted by atomic mass is 35.5. The molecule has 0 amide bonds. The predicted molar refractivity (Wildman–Crippen MR) is 139 cm³/mol. The third-order valence-corrected chi connectivity index (χ3v) is 6.30. The molecule has 1 aromatic heterocycles. The Morgan fingerprint density at radius 2 is 1.69 bits per heavy atom. The van der Waals surface area contributed by atoms with Crippen molar-refractivity contribution in [2.75, 3.05) is 0 Å². The molecule has 1 heterocycles. The molecule has 6 nitrogen and oxygen atoms in total. The van der Waals surface area contributed by atoms with Crippen molar-refractivity contribution in [2.45, 2.75) is 39.9 Å². The number of carbonyl (C=O) groups is 1. The molecule has 0 bridgehead atoms. The summed E-state index contributed by atoms with van der Waals surface area (Å²) < 4.78 is 17.7. The Balaban J connectivity index is 1.49. The average molecular weight is 526 g/mol. The number of hydrogen-bond donors (Lipinski definition) is 1. The first-order chi connectivity index (χ1) is 17.2. The van der Waals surface area contributed by atoms with Gasteiger partial charge in [0.05, 0.1) is 21.2 Å². The first kappa shape index (κ1) is 25.6. The highest BCUT2D eigenvalue weighted by molar-refractivity contribution is 6.39. The summed E-state index contributed by atoms with van der Waals surface area (Å²) in [6, 6.07) is 17.5. The predicted octanol–water partition coefficient (Wildman–Crippen LogP) is 7.94. The maximum Gasteiger partial charge on any atom is 0.335 e. The Morgan fingerprint density at radius 1 is 1.00 bits per heavy atom. The van der Waals surface area contributed by atoms with E-state index in [1.807, 2.05) is 39.0 Å². The minimum Gasteiger partial charge on any atom is -0.489 e. The fourth-order valence-corrected chi connectivity index (χ4v) is 4.35. The molecule has 0 aliphatic rings. The van der Waals surface area contributed by atoms with Crippen LogP contribution in [0, 0.1) is 6.92 Å². The number of carboxylic acid groups (broad SMARTS) is 1. The quantitative estimate of drug-likeness (QED) is 0.239. The third kappa shape index (κ3) is 5.66. The lowest BCUT2D eigenvalue weighted by molar-refractivity contribution is 0.0697. The fourth-order valence-electron chi connectivity index (χ4n) is 3.77. The van der Waals surface area contributed by atoms with Crippen molar-refractivity contribution in [1.82, 2.24) is 5.16 Å². The van der Waals surface area contributed by atoms with E-state index in [0.29, 0.717) is 45.2 Å². The molecule has 1 N–H and O–H groups in total. The van der Waals surface area contributed by atoms with Gasteiger partial charge in [0.15, 0.2) is 0 Å². The van der Waals surface area contributed by atoms with Gasteiger partial charge in [0.2, 0.25) is 0 Å². The Hall–Kier alpha value is -3.48. The molecule has 4 aromatic rings. The van der Waals surface area contributed by atoms with E-state index in [-0.39, 0.29) is 18.1 Å². The topological polar surface area (TPSA) is 81.8 Å². The van der Waals surface area contributed by atoms with Gasteiger partial charge < -0.3 is 19.1 Å². The molecule has 0 unspecified atom stereocenters. The van der Waals surface area contributed by atoms with Crippen LogP contribution in [0.2, 0.25) is 10.0 Å². The van der Waals surface area contributed by atoms with E-state index in [1.54, 1.807) is 42.5 Å². The molecule has 186 valence electrons. The standard InChI is InChI=1S/C28H25Cl2NO5/c1-16(2)27-21(26(31-36-27)25-22(29)5-4-6-23(25)30)15-34-20-11-12-24(17(3)13-20)35-14-18-7-9-19(10-8-18)28(32)33/h4-13,16H,14-15H2,1-3H3,(H,32,33). The van der Waals surface area contributed by atoms with Gasteiger partial charge in [-0.3, -0.25) is 0 Å². The highest BCUT2D eigenvalue weighted by Gasteiger charge is 2.24. The lowest BCUT2D eigenvalue weighted by atomic mass is 10.0. The normalized spacial score (nSPS) is 11.1. The zero-order valence-electron chi connectivity index (χ0n) is 20.0. The van der Waals surface area contributed by atoms with E-state index in [9.17, 15) is 4.79 Å². The summed E-state index contributed by atoms with van der Waals surface area (Å²) in [6.07, 6.45) is 0. The van der Waals surface area contributed by atoms with Crippen molar-refractivity contribution in [1.29, 1.82) is 0 Å². The largest absolute Gasteiger partial charge is 0.489 e. The molecule has 0 radical (unpaired) electrons. The summed E-state index contributed by atoms with van der Waals surface area (Å²) >= 11 is 12.9. The van der Waals surface area contributed by atoms with Gasteiger partial charge in [-0.25, -0.2) is 4.79 Å². The van der Waals surface area contributed by atoms with Crippen LogP contribution in [0.25, 0.3) is 11.3 Å². The van der Waals surface area contributed by atoms with Gasteiger partial charge in [0.25, 0.3) is 0 Å². The molecule has 4 rings (SSSR count). The molecular weight excluding hydrogens is 501 g/mol. The van der Waals surface area contributed by atoms with Gasteiger partial charge in [-0.15, -0.1) is 0 Å². The molecule has 0 saturated heterocycles. The van der Waals surface area contributed by atoms with E-state index in [2.05, 4.69) is 5.16 Å². The molecule has 0 fully saturated rings. The number of halogens is 2. The van der Waals surface area contributed by atoms with E-state index in [4.69, 9.17) is 42.3 Å². The lowest BCUT2D eigenvalue weighted by Gasteiger charge is -2.13. The minimum absolute atomic E-state index is 0.0909. The van der Waals surface area contributed by atoms with Gasteiger partial charge in [-0.05, 0) is 60.5 Å². The smallest absolute Gasteiger partial charge is 0.335 e. The highest BCUT2D eigenvalue weighted by Crippen LogP contribution is 2.39. The summed E-state index contributed by atoms with van der Waals surface area (Å²) in [5, 5.41) is 14.3. The zero-order chi connectivity index (χ0) is 25.8. The Morgan fingerprint density at radius 3 is 2.31 bits per heavy atom. The second kappa shape index (κ2) is 11.1. The summed E-state index contributed by atoms with van der Waals surface area (Å²) in [6.45, 7) is 6.52. The third-order valence-electron chi connectivity index (χ3n) is 5.67. The number of nitrogens with zero attached hydrogens (tertiary/aromatic N) is 1. The van der Waals surface area contributed by atoms with Crippen LogP contribution >= 0.6 is 23.2 Å². The van der Waals surface area contributed by atoms with Crippen molar-refractivity contribution in [3.63, 3.8) is 0 Å². The van der Waals surface area contributed by atoms with Gasteiger partial charge in [-0.2, -0.15) is 0 Å². The molecule has 0 atom stereocenters. The number of aromatic nitrogens is 1. The van der Waals surface area contributed by atoms with Gasteiger partial charge >= 0.3 is 5.97 Å². The summed E-state index contributed by atoms with van der Waals surface area (Å²) in [4.78, 5) is 11.0. The second-order valence-electron chi connectivity index (χ2n) is 8.63. The number of hydrogen-bond acceptors (Lipinski definition) is 5. The molecule has 8 heteroatoms. The SMILES string of the molecule is Cc1cc(OCc2c(-c3c(Cl)cccc3Cl)noc2C(C)C)ccc1OCc1ccc(C(=O)O)cc1. The van der Waals surface area contributed by atoms with Gasteiger partial charge in [0, 0.05) is 11.5 Å². The molecule has 3 aromatic carbocycles. The van der Waals surface area contributed by atoms with Crippen LogP contribution in [0.5, 0.6) is 11.5 Å². The van der Waals surface area contributed by atoms with E-state index in [0.717, 1.165) is 16.7 Å². The van der Waals surface area contributed by atoms with E-state index >= 15 is 0 Å². The van der Waals surface area contributed by atoms with Gasteiger partial charge in [0.1, 0.15) is 36.2 Å². The molecule has 0 saturated carbocycles. The molecule has 0 spiro atoms. The van der Waals surface area contributed by atoms with Crippen molar-refractivity contribution >= 4 is 29.2 Å². The van der Waals surface area contributed by atoms with Crippen molar-refractivity contribution < 1.29 is 23.9 Å². The Bertz CT molecular complexity index is 1360. The Labute approximate surface area is 219 Å². The lowest BCUT2D eigenvalue weighted by Crippen LogP contribution is -2.02. The summed E-state index contributed by atoms with van der Waals surface area (Å²) in [5.74, 6) is 1.22. The molecular formula is C28H25Cl2NO5. The maximum atomic E-state index is 11.0. The number of aryl methyl sites for hydroxylation is 1. The number of ether oxygens (including phenoxy) is 2. The maximum absolute atomic E-state index is 11.0. The first-order valence-corrected chi connectivity index (χ1v) is 12.1. The van der Waals surface area contributed by atoms with Crippen molar-refractivity contribution in [3.05, 3.63) is 98.7 Å². The van der Waals surface area contributed by atoms with Crippen LogP contribution in [0.15, 0.2) is 65.2 Å². The zero-order valence-corrected chi connectivity index (χ0v) is 21.6. The van der Waals surface area contributed by atoms with Crippen molar-refractivity contribution in [2.24, 2.45) is 0 Å². The Kier molecular flexibility index (Phi) is 7.87. The average Bonchev–Trinajstić information content (AvgIpc) is 3.26. The molecule has 36 heavy (non-hydrogen) atoms. The molecule has 0 aliphatic heterocycles. The van der Waals surface area contributed by atoms with Crippen LogP contribution < -0.4 is 9.47 Å². The molecule has 0 aliphatic carbocycles. The van der Waals surface area contributed by atoms with Crippen LogP contribution in [-0.2, 0) is 13.2 Å². The van der Waals surface area contributed by atoms with E-state index < -0.39 is 5.97 Å². The number of aromatic carboxylic acids is 1. The fraction of sp³-hybridized carbons (Fsp3) is 0.214. The second-order valence-corrected chi connectivity index (χ2v) is 9.45. The number of benzene rings is 3. The van der Waals surface area contributed by atoms with Crippen LogP contribution in [0.1, 0.15) is 52.6 Å². The summed E-state index contributed by atoms with van der Waals surface area (Å²) in [7, 11) is 0. The van der Waals surface area contributed by atoms with Crippen LogP contribution in [-0.4, -0.2) is 16.2 Å².